The number of allylic oxidation sites excluding steroid dienone is 1. The van der Waals surface area contributed by atoms with Crippen LogP contribution in [0.15, 0.2) is 77.3 Å². The highest BCUT2D eigenvalue weighted by Crippen LogP contribution is 2.29. The van der Waals surface area contributed by atoms with Gasteiger partial charge >= 0.3 is 5.97 Å². The summed E-state index contributed by atoms with van der Waals surface area (Å²) in [5, 5.41) is 0. The number of halogens is 1. The van der Waals surface area contributed by atoms with Gasteiger partial charge in [-0.3, -0.25) is 4.79 Å². The predicted molar refractivity (Wildman–Crippen MR) is 117 cm³/mol. The van der Waals surface area contributed by atoms with Crippen molar-refractivity contribution in [3.63, 3.8) is 0 Å². The van der Waals surface area contributed by atoms with Crippen LogP contribution in [0, 0.1) is 6.92 Å². The molecule has 0 unspecified atom stereocenters. The number of carbonyl (C=O) groups excluding carboxylic acids is 2. The van der Waals surface area contributed by atoms with Crippen molar-refractivity contribution in [1.29, 1.82) is 0 Å². The number of esters is 1. The van der Waals surface area contributed by atoms with E-state index in [4.69, 9.17) is 9.47 Å². The summed E-state index contributed by atoms with van der Waals surface area (Å²) < 4.78 is 11.7. The van der Waals surface area contributed by atoms with E-state index in [0.717, 1.165) is 15.6 Å². The molecule has 0 saturated heterocycles. The fourth-order valence-corrected chi connectivity index (χ4v) is 2.87. The van der Waals surface area contributed by atoms with Crippen LogP contribution >= 0.6 is 15.9 Å². The molecule has 0 amide bonds. The molecule has 0 spiro atoms. The van der Waals surface area contributed by atoms with Gasteiger partial charge in [-0.25, -0.2) is 4.79 Å². The fraction of sp³-hybridized carbons (Fsp3) is 0.0833. The lowest BCUT2D eigenvalue weighted by molar-refractivity contribution is 0.0729. The summed E-state index contributed by atoms with van der Waals surface area (Å²) in [7, 11) is 1.50. The number of ketones is 1. The van der Waals surface area contributed by atoms with Crippen LogP contribution in [0.1, 0.15) is 31.8 Å². The van der Waals surface area contributed by atoms with Gasteiger partial charge in [-0.05, 0) is 67.1 Å². The van der Waals surface area contributed by atoms with Crippen LogP contribution in [-0.4, -0.2) is 18.9 Å². The largest absolute Gasteiger partial charge is 0.493 e. The van der Waals surface area contributed by atoms with E-state index in [-0.39, 0.29) is 5.78 Å². The number of rotatable bonds is 6. The second-order valence-electron chi connectivity index (χ2n) is 6.37. The van der Waals surface area contributed by atoms with Crippen LogP contribution in [0.25, 0.3) is 6.08 Å². The van der Waals surface area contributed by atoms with E-state index in [0.29, 0.717) is 22.6 Å². The molecule has 3 rings (SSSR count). The zero-order valence-corrected chi connectivity index (χ0v) is 17.6. The number of aryl methyl sites for hydroxylation is 1. The van der Waals surface area contributed by atoms with Crippen molar-refractivity contribution in [3.05, 3.63) is 99.5 Å². The average molecular weight is 451 g/mol. The molecule has 0 heterocycles. The molecule has 3 aromatic carbocycles. The highest BCUT2D eigenvalue weighted by atomic mass is 79.9. The summed E-state index contributed by atoms with van der Waals surface area (Å²) >= 11 is 3.35. The Labute approximate surface area is 177 Å². The molecule has 0 aliphatic heterocycles. The minimum absolute atomic E-state index is 0.105. The van der Waals surface area contributed by atoms with E-state index in [9.17, 15) is 9.59 Å². The number of carbonyl (C=O) groups is 2. The van der Waals surface area contributed by atoms with E-state index < -0.39 is 5.97 Å². The Hall–Kier alpha value is -3.18. The van der Waals surface area contributed by atoms with Crippen LogP contribution in [0.2, 0.25) is 0 Å². The second kappa shape index (κ2) is 9.34. The highest BCUT2D eigenvalue weighted by Gasteiger charge is 2.12. The van der Waals surface area contributed by atoms with Gasteiger partial charge in [-0.2, -0.15) is 0 Å². The second-order valence-corrected chi connectivity index (χ2v) is 7.29. The predicted octanol–water partition coefficient (Wildman–Crippen LogP) is 5.88. The SMILES string of the molecule is COc1cc(C=CC(=O)c2ccc(Br)cc2)ccc1OC(=O)c1ccc(C)cc1. The summed E-state index contributed by atoms with van der Waals surface area (Å²) in [6.07, 6.45) is 3.19. The van der Waals surface area contributed by atoms with Gasteiger partial charge in [0.1, 0.15) is 0 Å². The first-order valence-corrected chi connectivity index (χ1v) is 9.70. The van der Waals surface area contributed by atoms with Gasteiger partial charge in [0.15, 0.2) is 17.3 Å². The first-order chi connectivity index (χ1) is 14.0. The van der Waals surface area contributed by atoms with E-state index in [2.05, 4.69) is 15.9 Å². The maximum atomic E-state index is 12.3. The average Bonchev–Trinajstić information content (AvgIpc) is 2.73. The summed E-state index contributed by atoms with van der Waals surface area (Å²) in [6, 6.07) is 19.4. The number of ether oxygens (including phenoxy) is 2. The first kappa shape index (κ1) is 20.6. The highest BCUT2D eigenvalue weighted by molar-refractivity contribution is 9.10. The van der Waals surface area contributed by atoms with Gasteiger partial charge < -0.3 is 9.47 Å². The lowest BCUT2D eigenvalue weighted by Crippen LogP contribution is -2.09. The molecule has 4 nitrogen and oxygen atoms in total. The zero-order chi connectivity index (χ0) is 20.8. The summed E-state index contributed by atoms with van der Waals surface area (Å²) in [6.45, 7) is 1.95. The van der Waals surface area contributed by atoms with Gasteiger partial charge in [0.2, 0.25) is 0 Å². The molecule has 0 saturated carbocycles. The summed E-state index contributed by atoms with van der Waals surface area (Å²) in [5.41, 5.74) is 2.87. The standard InChI is InChI=1S/C24H19BrO4/c1-16-3-7-19(8-4-16)24(27)29-22-14-6-17(15-23(22)28-2)5-13-21(26)18-9-11-20(25)12-10-18/h3-15H,1-2H3. The van der Waals surface area contributed by atoms with Crippen molar-refractivity contribution in [2.24, 2.45) is 0 Å². The zero-order valence-electron chi connectivity index (χ0n) is 16.0. The molecule has 0 bridgehead atoms. The van der Waals surface area contributed by atoms with Crippen LogP contribution in [0.3, 0.4) is 0 Å². The van der Waals surface area contributed by atoms with E-state index in [1.165, 1.54) is 13.2 Å². The van der Waals surface area contributed by atoms with E-state index >= 15 is 0 Å². The molecule has 0 aromatic heterocycles. The number of benzene rings is 3. The maximum Gasteiger partial charge on any atom is 0.343 e. The Balaban J connectivity index is 1.74. The molecule has 0 aliphatic carbocycles. The molecular formula is C24H19BrO4. The topological polar surface area (TPSA) is 52.6 Å². The fourth-order valence-electron chi connectivity index (χ4n) is 2.60. The minimum Gasteiger partial charge on any atom is -0.493 e. The Morgan fingerprint density at radius 1 is 0.862 bits per heavy atom. The lowest BCUT2D eigenvalue weighted by Gasteiger charge is -2.10. The van der Waals surface area contributed by atoms with Crippen molar-refractivity contribution >= 4 is 33.8 Å². The van der Waals surface area contributed by atoms with Crippen LogP contribution in [-0.2, 0) is 0 Å². The quantitative estimate of drug-likeness (QED) is 0.203. The Morgan fingerprint density at radius 3 is 2.17 bits per heavy atom. The molecule has 0 fully saturated rings. The van der Waals surface area contributed by atoms with E-state index in [1.54, 1.807) is 48.5 Å². The maximum absolute atomic E-state index is 12.3. The molecular weight excluding hydrogens is 432 g/mol. The lowest BCUT2D eigenvalue weighted by atomic mass is 10.1. The van der Waals surface area contributed by atoms with Gasteiger partial charge in [0, 0.05) is 10.0 Å². The molecule has 0 radical (unpaired) electrons. The molecule has 29 heavy (non-hydrogen) atoms. The summed E-state index contributed by atoms with van der Waals surface area (Å²) in [4.78, 5) is 24.6. The molecule has 0 aliphatic rings. The van der Waals surface area contributed by atoms with Crippen molar-refractivity contribution in [3.8, 4) is 11.5 Å². The Bertz CT molecular complexity index is 1050. The summed E-state index contributed by atoms with van der Waals surface area (Å²) in [5.74, 6) is 0.154. The van der Waals surface area contributed by atoms with E-state index in [1.807, 2.05) is 31.2 Å². The number of hydrogen-bond acceptors (Lipinski definition) is 4. The van der Waals surface area contributed by atoms with Gasteiger partial charge in [0.05, 0.1) is 12.7 Å². The first-order valence-electron chi connectivity index (χ1n) is 8.91. The molecule has 0 atom stereocenters. The van der Waals surface area contributed by atoms with Crippen molar-refractivity contribution < 1.29 is 19.1 Å². The van der Waals surface area contributed by atoms with Crippen molar-refractivity contribution in [2.45, 2.75) is 6.92 Å². The van der Waals surface area contributed by atoms with Crippen LogP contribution in [0.5, 0.6) is 11.5 Å². The minimum atomic E-state index is -0.461. The number of methoxy groups -OCH3 is 1. The monoisotopic (exact) mass is 450 g/mol. The van der Waals surface area contributed by atoms with Gasteiger partial charge in [-0.15, -0.1) is 0 Å². The van der Waals surface area contributed by atoms with Gasteiger partial charge in [0.25, 0.3) is 0 Å². The third-order valence-corrected chi connectivity index (χ3v) is 4.76. The molecule has 0 N–H and O–H groups in total. The van der Waals surface area contributed by atoms with Gasteiger partial charge in [-0.1, -0.05) is 45.8 Å². The Kier molecular flexibility index (Phi) is 6.62. The van der Waals surface area contributed by atoms with Crippen LogP contribution in [0.4, 0.5) is 0 Å². The van der Waals surface area contributed by atoms with Crippen LogP contribution < -0.4 is 9.47 Å². The smallest absolute Gasteiger partial charge is 0.343 e. The van der Waals surface area contributed by atoms with Crippen molar-refractivity contribution in [2.75, 3.05) is 7.11 Å². The third-order valence-electron chi connectivity index (χ3n) is 4.23. The van der Waals surface area contributed by atoms with Crippen molar-refractivity contribution in [1.82, 2.24) is 0 Å². The normalized spacial score (nSPS) is 10.7. The Morgan fingerprint density at radius 2 is 1.52 bits per heavy atom. The molecule has 3 aromatic rings. The number of hydrogen-bond donors (Lipinski definition) is 0. The third kappa shape index (κ3) is 5.42. The molecule has 5 heteroatoms. The molecule has 146 valence electrons.